The minimum absolute atomic E-state index is 0.00273. The summed E-state index contributed by atoms with van der Waals surface area (Å²) in [5.41, 5.74) is 25.1. The van der Waals surface area contributed by atoms with E-state index >= 15 is 0 Å². The number of hydrogen-bond acceptors (Lipinski definition) is 1. The molecule has 7 aliphatic carbocycles. The molecule has 15 rings (SSSR count). The Morgan fingerprint density at radius 1 is 0.418 bits per heavy atom. The number of anilines is 3. The van der Waals surface area contributed by atoms with Gasteiger partial charge < -0.3 is 4.90 Å². The van der Waals surface area contributed by atoms with E-state index in [1.54, 1.807) is 5.56 Å². The smallest absolute Gasteiger partial charge is 0.0726 e. The Morgan fingerprint density at radius 3 is 1.45 bits per heavy atom. The van der Waals surface area contributed by atoms with Gasteiger partial charge >= 0.3 is 0 Å². The van der Waals surface area contributed by atoms with Crippen LogP contribution in [0.15, 0.2) is 176 Å². The van der Waals surface area contributed by atoms with E-state index in [1.807, 2.05) is 0 Å². The van der Waals surface area contributed by atoms with Crippen LogP contribution in [0.1, 0.15) is 118 Å². The van der Waals surface area contributed by atoms with Gasteiger partial charge in [-0.1, -0.05) is 180 Å². The molecule has 8 aromatic rings. The summed E-state index contributed by atoms with van der Waals surface area (Å²) in [6.07, 6.45) is 8.57. The van der Waals surface area contributed by atoms with Gasteiger partial charge in [0.05, 0.1) is 11.1 Å². The molecule has 0 aliphatic heterocycles. The lowest BCUT2D eigenvalue weighted by atomic mass is 9.48. The zero-order valence-electron chi connectivity index (χ0n) is 39.7. The second-order valence-electron chi connectivity index (χ2n) is 23.1. The zero-order valence-corrected chi connectivity index (χ0v) is 39.7. The highest BCUT2D eigenvalue weighted by atomic mass is 15.1. The van der Waals surface area contributed by atoms with E-state index in [0.29, 0.717) is 5.41 Å². The number of fused-ring (bicyclic) bond motifs is 13. The summed E-state index contributed by atoms with van der Waals surface area (Å²) < 4.78 is 0. The number of hydrogen-bond donors (Lipinski definition) is 0. The number of nitrogens with zero attached hydrogens (tertiary/aromatic N) is 1. The molecule has 1 nitrogen and oxygen atoms in total. The summed E-state index contributed by atoms with van der Waals surface area (Å²) in [7, 11) is 0. The van der Waals surface area contributed by atoms with Crippen molar-refractivity contribution in [1.29, 1.82) is 0 Å². The molecule has 0 heterocycles. The predicted octanol–water partition coefficient (Wildman–Crippen LogP) is 17.2. The van der Waals surface area contributed by atoms with Gasteiger partial charge in [0.1, 0.15) is 0 Å². The molecule has 8 aromatic carbocycles. The Labute approximate surface area is 397 Å². The van der Waals surface area contributed by atoms with Gasteiger partial charge in [0.2, 0.25) is 0 Å². The summed E-state index contributed by atoms with van der Waals surface area (Å²) in [4.78, 5) is 2.59. The number of benzene rings is 8. The second kappa shape index (κ2) is 13.8. The first-order chi connectivity index (χ1) is 32.5. The van der Waals surface area contributed by atoms with Gasteiger partial charge in [-0.25, -0.2) is 0 Å². The van der Waals surface area contributed by atoms with Crippen LogP contribution in [0.5, 0.6) is 0 Å². The van der Waals surface area contributed by atoms with Gasteiger partial charge in [0.15, 0.2) is 0 Å². The fourth-order valence-electron chi connectivity index (χ4n) is 15.4. The minimum atomic E-state index is -0.463. The summed E-state index contributed by atoms with van der Waals surface area (Å²) >= 11 is 0. The largest absolute Gasteiger partial charge is 0.310 e. The third kappa shape index (κ3) is 5.49. The Morgan fingerprint density at radius 2 is 0.866 bits per heavy atom. The lowest BCUT2D eigenvalue weighted by Gasteiger charge is -2.57. The van der Waals surface area contributed by atoms with Crippen LogP contribution in [-0.4, -0.2) is 0 Å². The van der Waals surface area contributed by atoms with Crippen LogP contribution in [0.4, 0.5) is 17.1 Å². The van der Waals surface area contributed by atoms with Crippen LogP contribution in [-0.2, 0) is 21.7 Å². The summed E-state index contributed by atoms with van der Waals surface area (Å²) in [6.45, 7) is 11.9. The lowest BCUT2D eigenvalue weighted by Crippen LogP contribution is -2.48. The van der Waals surface area contributed by atoms with E-state index in [0.717, 1.165) is 17.8 Å². The van der Waals surface area contributed by atoms with Crippen LogP contribution < -0.4 is 4.90 Å². The molecule has 4 saturated carbocycles. The van der Waals surface area contributed by atoms with Crippen molar-refractivity contribution in [2.75, 3.05) is 4.90 Å². The molecule has 0 amide bonds. The molecular weight excluding hydrogens is 807 g/mol. The Hall–Kier alpha value is -6.44. The van der Waals surface area contributed by atoms with Crippen LogP contribution >= 0.6 is 0 Å². The molecule has 0 radical (unpaired) electrons. The molecule has 4 bridgehead atoms. The first-order valence-corrected chi connectivity index (χ1v) is 25.3. The standard InChI is InChI=1S/C66H59N/c1-63(2,3)46-26-29-54-51-16-7-11-19-57(51)66(60(54)35-46)58-20-12-8-17-52(58)55-31-28-48(37-61(55)66)67(47-27-30-53-50-15-6-10-18-56(50)64(4,5)59(53)36-47)62-21-13-9-14-49(62)44-22-24-45(25-23-44)65-38-41-32-42(39-65)34-43(33-41)40-65/h6-31,35-37,41-43H,32-34,38-40H2,1-5H3. The third-order valence-electron chi connectivity index (χ3n) is 18.0. The minimum Gasteiger partial charge on any atom is -0.310 e. The molecule has 1 unspecified atom stereocenters. The maximum atomic E-state index is 2.59. The van der Waals surface area contributed by atoms with E-state index in [9.17, 15) is 0 Å². The third-order valence-corrected chi connectivity index (χ3v) is 18.0. The molecule has 0 saturated heterocycles. The van der Waals surface area contributed by atoms with Crippen molar-refractivity contribution in [1.82, 2.24) is 0 Å². The predicted molar refractivity (Wildman–Crippen MR) is 279 cm³/mol. The highest BCUT2D eigenvalue weighted by Crippen LogP contribution is 2.65. The molecule has 4 fully saturated rings. The quantitative estimate of drug-likeness (QED) is 0.167. The zero-order chi connectivity index (χ0) is 45.0. The normalized spacial score (nSPS) is 23.9. The molecule has 1 spiro atoms. The molecule has 328 valence electrons. The first-order valence-electron chi connectivity index (χ1n) is 25.3. The van der Waals surface area contributed by atoms with Crippen LogP contribution in [0, 0.1) is 17.8 Å². The monoisotopic (exact) mass is 865 g/mol. The SMILES string of the molecule is CC(C)(C)c1ccc2c(c1)C1(c3ccccc3-c3ccc(N(c4ccc5c(c4)C(C)(C)c4ccccc4-5)c4ccccc4-c4ccc(C56CC7CC(CC(C7)C5)C6)cc4)cc31)c1ccccc1-2. The maximum Gasteiger partial charge on any atom is 0.0726 e. The van der Waals surface area contributed by atoms with E-state index in [-0.39, 0.29) is 10.8 Å². The average molecular weight is 866 g/mol. The Balaban J connectivity index is 0.984. The van der Waals surface area contributed by atoms with Crippen molar-refractivity contribution in [3.05, 3.63) is 220 Å². The van der Waals surface area contributed by atoms with Crippen molar-refractivity contribution >= 4 is 17.1 Å². The van der Waals surface area contributed by atoms with E-state index in [4.69, 9.17) is 0 Å². The van der Waals surface area contributed by atoms with E-state index in [2.05, 4.69) is 215 Å². The second-order valence-corrected chi connectivity index (χ2v) is 23.1. The molecule has 1 heteroatoms. The van der Waals surface area contributed by atoms with Gasteiger partial charge in [-0.3, -0.25) is 0 Å². The highest BCUT2D eigenvalue weighted by Gasteiger charge is 2.53. The fraction of sp³-hybridized carbons (Fsp3) is 0.273. The van der Waals surface area contributed by atoms with Crippen molar-refractivity contribution in [2.45, 2.75) is 94.8 Å². The topological polar surface area (TPSA) is 3.24 Å². The number of rotatable bonds is 5. The Bertz CT molecular complexity index is 3310. The van der Waals surface area contributed by atoms with Crippen molar-refractivity contribution < 1.29 is 0 Å². The Kier molecular flexibility index (Phi) is 8.19. The number of para-hydroxylation sites is 1. The van der Waals surface area contributed by atoms with Gasteiger partial charge in [-0.2, -0.15) is 0 Å². The maximum absolute atomic E-state index is 2.59. The first kappa shape index (κ1) is 39.7. The van der Waals surface area contributed by atoms with Gasteiger partial charge in [-0.05, 0) is 181 Å². The van der Waals surface area contributed by atoms with Crippen LogP contribution in [0.3, 0.4) is 0 Å². The molecular formula is C66H59N. The van der Waals surface area contributed by atoms with E-state index < -0.39 is 5.41 Å². The molecule has 0 N–H and O–H groups in total. The molecule has 0 aromatic heterocycles. The summed E-state index contributed by atoms with van der Waals surface area (Å²) in [5.74, 6) is 2.78. The van der Waals surface area contributed by atoms with Crippen molar-refractivity contribution in [2.24, 2.45) is 17.8 Å². The average Bonchev–Trinajstić information content (AvgIpc) is 3.89. The highest BCUT2D eigenvalue weighted by molar-refractivity contribution is 5.98. The summed E-state index contributed by atoms with van der Waals surface area (Å²) in [5, 5.41) is 0. The molecule has 1 atom stereocenters. The van der Waals surface area contributed by atoms with Crippen LogP contribution in [0.25, 0.3) is 44.5 Å². The molecule has 67 heavy (non-hydrogen) atoms. The lowest BCUT2D eigenvalue weighted by molar-refractivity contribution is -0.00518. The van der Waals surface area contributed by atoms with Gasteiger partial charge in [0.25, 0.3) is 0 Å². The van der Waals surface area contributed by atoms with Gasteiger partial charge in [-0.15, -0.1) is 0 Å². The van der Waals surface area contributed by atoms with Crippen LogP contribution in [0.2, 0.25) is 0 Å². The van der Waals surface area contributed by atoms with E-state index in [1.165, 1.54) is 139 Å². The van der Waals surface area contributed by atoms with Gasteiger partial charge in [0, 0.05) is 22.4 Å². The molecule has 7 aliphatic rings. The van der Waals surface area contributed by atoms with Crippen molar-refractivity contribution in [3.8, 4) is 44.5 Å². The van der Waals surface area contributed by atoms with Crippen molar-refractivity contribution in [3.63, 3.8) is 0 Å². The summed E-state index contributed by atoms with van der Waals surface area (Å²) in [6, 6.07) is 68.7. The fourth-order valence-corrected chi connectivity index (χ4v) is 15.4.